The van der Waals surface area contributed by atoms with E-state index in [2.05, 4.69) is 35.3 Å². The van der Waals surface area contributed by atoms with Crippen molar-refractivity contribution in [3.8, 4) is 0 Å². The molecule has 1 heterocycles. The van der Waals surface area contributed by atoms with Gasteiger partial charge >= 0.3 is 0 Å². The van der Waals surface area contributed by atoms with Crippen LogP contribution in [0.15, 0.2) is 18.2 Å². The second-order valence-electron chi connectivity index (χ2n) is 5.15. The number of nitrogens with zero attached hydrogens (tertiary/aromatic N) is 1. The molecule has 0 saturated carbocycles. The third-order valence-electron chi connectivity index (χ3n) is 3.93. The van der Waals surface area contributed by atoms with Crippen LogP contribution in [-0.4, -0.2) is 20.1 Å². The van der Waals surface area contributed by atoms with E-state index in [0.29, 0.717) is 0 Å². The van der Waals surface area contributed by atoms with Crippen LogP contribution in [0.2, 0.25) is 5.02 Å². The minimum absolute atomic E-state index is 0.873. The molecule has 1 aromatic carbocycles. The van der Waals surface area contributed by atoms with Gasteiger partial charge in [-0.1, -0.05) is 31.0 Å². The summed E-state index contributed by atoms with van der Waals surface area (Å²) in [6, 6.07) is 6.42. The van der Waals surface area contributed by atoms with Crippen molar-refractivity contribution in [1.29, 1.82) is 0 Å². The van der Waals surface area contributed by atoms with Gasteiger partial charge in [0.2, 0.25) is 0 Å². The molecular formula is C15H23ClN2. The molecule has 3 heteroatoms. The molecule has 18 heavy (non-hydrogen) atoms. The lowest BCUT2D eigenvalue weighted by Crippen LogP contribution is -2.33. The normalized spacial score (nSPS) is 17.2. The van der Waals surface area contributed by atoms with Crippen LogP contribution in [0, 0.1) is 5.92 Å². The maximum Gasteiger partial charge on any atom is 0.0642 e. The van der Waals surface area contributed by atoms with Crippen molar-refractivity contribution in [2.75, 3.05) is 25.0 Å². The fourth-order valence-corrected chi connectivity index (χ4v) is 3.03. The molecule has 1 aliphatic heterocycles. The molecule has 0 unspecified atom stereocenters. The molecule has 0 aliphatic carbocycles. The van der Waals surface area contributed by atoms with Crippen LogP contribution in [0.3, 0.4) is 0 Å². The Morgan fingerprint density at radius 2 is 2.06 bits per heavy atom. The van der Waals surface area contributed by atoms with Crippen molar-refractivity contribution in [2.45, 2.75) is 32.7 Å². The van der Waals surface area contributed by atoms with E-state index in [9.17, 15) is 0 Å². The molecule has 0 atom stereocenters. The summed E-state index contributed by atoms with van der Waals surface area (Å²) in [5.41, 5.74) is 2.45. The molecule has 2 rings (SSSR count). The highest BCUT2D eigenvalue weighted by Gasteiger charge is 2.19. The predicted molar refractivity (Wildman–Crippen MR) is 79.4 cm³/mol. The second kappa shape index (κ2) is 6.44. The van der Waals surface area contributed by atoms with E-state index in [1.807, 2.05) is 7.05 Å². The monoisotopic (exact) mass is 266 g/mol. The minimum atomic E-state index is 0.873. The largest absolute Gasteiger partial charge is 0.370 e. The highest BCUT2D eigenvalue weighted by molar-refractivity contribution is 6.33. The van der Waals surface area contributed by atoms with E-state index in [4.69, 9.17) is 11.6 Å². The van der Waals surface area contributed by atoms with E-state index in [1.165, 1.54) is 30.5 Å². The number of piperidine rings is 1. The number of rotatable bonds is 4. The van der Waals surface area contributed by atoms with Crippen LogP contribution in [-0.2, 0) is 6.54 Å². The molecule has 1 aromatic rings. The fourth-order valence-electron chi connectivity index (χ4n) is 2.70. The second-order valence-corrected chi connectivity index (χ2v) is 5.56. The van der Waals surface area contributed by atoms with E-state index in [0.717, 1.165) is 30.6 Å². The molecule has 1 saturated heterocycles. The molecule has 0 radical (unpaired) electrons. The van der Waals surface area contributed by atoms with Crippen LogP contribution in [0.25, 0.3) is 0 Å². The molecule has 100 valence electrons. The first kappa shape index (κ1) is 13.7. The minimum Gasteiger partial charge on any atom is -0.370 e. The summed E-state index contributed by atoms with van der Waals surface area (Å²) >= 11 is 6.40. The lowest BCUT2D eigenvalue weighted by Gasteiger charge is -2.33. The summed E-state index contributed by atoms with van der Waals surface area (Å²) in [4.78, 5) is 2.43. The van der Waals surface area contributed by atoms with Crippen molar-refractivity contribution in [2.24, 2.45) is 5.92 Å². The van der Waals surface area contributed by atoms with Gasteiger partial charge in [-0.25, -0.2) is 0 Å². The molecule has 2 nitrogen and oxygen atoms in total. The Labute approximate surface area is 115 Å². The molecule has 1 aliphatic rings. The molecule has 1 fully saturated rings. The summed E-state index contributed by atoms with van der Waals surface area (Å²) in [5.74, 6) is 0.906. The number of benzene rings is 1. The Morgan fingerprint density at radius 1 is 1.33 bits per heavy atom. The highest BCUT2D eigenvalue weighted by atomic mass is 35.5. The highest BCUT2D eigenvalue weighted by Crippen LogP contribution is 2.31. The molecule has 0 aromatic heterocycles. The Morgan fingerprint density at radius 3 is 2.61 bits per heavy atom. The van der Waals surface area contributed by atoms with E-state index >= 15 is 0 Å². The van der Waals surface area contributed by atoms with Gasteiger partial charge in [0.25, 0.3) is 0 Å². The van der Waals surface area contributed by atoms with Gasteiger partial charge in [0, 0.05) is 19.6 Å². The van der Waals surface area contributed by atoms with Gasteiger partial charge in [0.1, 0.15) is 0 Å². The van der Waals surface area contributed by atoms with Gasteiger partial charge in [0.15, 0.2) is 0 Å². The smallest absolute Gasteiger partial charge is 0.0642 e. The van der Waals surface area contributed by atoms with Crippen molar-refractivity contribution < 1.29 is 0 Å². The van der Waals surface area contributed by atoms with Crippen LogP contribution >= 0.6 is 11.6 Å². The van der Waals surface area contributed by atoms with Crippen LogP contribution < -0.4 is 10.2 Å². The number of hydrogen-bond acceptors (Lipinski definition) is 2. The van der Waals surface area contributed by atoms with Crippen LogP contribution in [0.4, 0.5) is 5.69 Å². The maximum atomic E-state index is 6.40. The third kappa shape index (κ3) is 3.18. The van der Waals surface area contributed by atoms with Crippen molar-refractivity contribution in [3.05, 3.63) is 28.8 Å². The molecule has 1 N–H and O–H groups in total. The first-order valence-corrected chi connectivity index (χ1v) is 7.30. The number of nitrogens with one attached hydrogen (secondary N) is 1. The maximum absolute atomic E-state index is 6.40. The molecule has 0 bridgehead atoms. The van der Waals surface area contributed by atoms with Gasteiger partial charge < -0.3 is 10.2 Å². The predicted octanol–water partition coefficient (Wildman–Crippen LogP) is 3.69. The van der Waals surface area contributed by atoms with E-state index in [1.54, 1.807) is 0 Å². The summed E-state index contributed by atoms with van der Waals surface area (Å²) in [7, 11) is 1.96. The van der Waals surface area contributed by atoms with Crippen molar-refractivity contribution in [3.63, 3.8) is 0 Å². The van der Waals surface area contributed by atoms with E-state index in [-0.39, 0.29) is 0 Å². The van der Waals surface area contributed by atoms with Crippen LogP contribution in [0.5, 0.6) is 0 Å². The van der Waals surface area contributed by atoms with Gasteiger partial charge in [-0.15, -0.1) is 0 Å². The first-order valence-electron chi connectivity index (χ1n) is 6.92. The van der Waals surface area contributed by atoms with Gasteiger partial charge in [-0.2, -0.15) is 0 Å². The number of halogens is 1. The quantitative estimate of drug-likeness (QED) is 0.894. The summed E-state index contributed by atoms with van der Waals surface area (Å²) < 4.78 is 0. The standard InChI is InChI=1S/C15H23ClN2/c1-3-12-6-8-18(9-7-12)15-5-4-13(11-17-2)10-14(15)16/h4-5,10,12,17H,3,6-9,11H2,1-2H3. The Hall–Kier alpha value is -0.730. The zero-order chi connectivity index (χ0) is 13.0. The molecule has 0 spiro atoms. The topological polar surface area (TPSA) is 15.3 Å². The van der Waals surface area contributed by atoms with Gasteiger partial charge in [-0.3, -0.25) is 0 Å². The number of hydrogen-bond donors (Lipinski definition) is 1. The van der Waals surface area contributed by atoms with E-state index < -0.39 is 0 Å². The number of anilines is 1. The van der Waals surface area contributed by atoms with Gasteiger partial charge in [0.05, 0.1) is 10.7 Å². The molecular weight excluding hydrogens is 244 g/mol. The van der Waals surface area contributed by atoms with Crippen molar-refractivity contribution >= 4 is 17.3 Å². The average Bonchev–Trinajstić information content (AvgIpc) is 2.40. The Kier molecular flexibility index (Phi) is 4.90. The zero-order valence-corrected chi connectivity index (χ0v) is 12.1. The first-order chi connectivity index (χ1) is 8.74. The van der Waals surface area contributed by atoms with Gasteiger partial charge in [-0.05, 0) is 43.5 Å². The third-order valence-corrected chi connectivity index (χ3v) is 4.23. The van der Waals surface area contributed by atoms with Crippen LogP contribution in [0.1, 0.15) is 31.7 Å². The Bertz CT molecular complexity index is 384. The summed E-state index contributed by atoms with van der Waals surface area (Å²) in [6.07, 6.45) is 3.90. The summed E-state index contributed by atoms with van der Waals surface area (Å²) in [5, 5.41) is 4.04. The molecule has 0 amide bonds. The lowest BCUT2D eigenvalue weighted by atomic mass is 9.94. The Balaban J connectivity index is 2.05. The zero-order valence-electron chi connectivity index (χ0n) is 11.4. The summed E-state index contributed by atoms with van der Waals surface area (Å²) in [6.45, 7) is 5.45. The SMILES string of the molecule is CCC1CCN(c2ccc(CNC)cc2Cl)CC1. The average molecular weight is 267 g/mol. The van der Waals surface area contributed by atoms with Crippen molar-refractivity contribution in [1.82, 2.24) is 5.32 Å². The fraction of sp³-hybridized carbons (Fsp3) is 0.600. The lowest BCUT2D eigenvalue weighted by molar-refractivity contribution is 0.395.